The molecule has 1 atom stereocenters. The molecule has 2 aromatic rings. The largest absolute Gasteiger partial charge is 0.790 e. The van der Waals surface area contributed by atoms with E-state index in [9.17, 15) is 33.4 Å². The number of nitrogens with zero attached hydrogens (tertiary/aromatic N) is 3. The quantitative estimate of drug-likeness (QED) is 0.0205. The minimum atomic E-state index is -5.75. The van der Waals surface area contributed by atoms with E-state index in [0.29, 0.717) is 16.7 Å². The number of benzene rings is 2. The van der Waals surface area contributed by atoms with Crippen LogP contribution < -0.4 is 14.7 Å². The second-order valence-electron chi connectivity index (χ2n) is 23.1. The Balaban J connectivity index is 0. The van der Waals surface area contributed by atoms with Gasteiger partial charge in [0.2, 0.25) is 0 Å². The molecule has 1 unspecified atom stereocenters. The van der Waals surface area contributed by atoms with E-state index in [2.05, 4.69) is 91.9 Å². The van der Waals surface area contributed by atoms with Gasteiger partial charge in [-0.15, -0.1) is 0 Å². The number of carbonyl (C=O) groups is 2. The molecule has 0 aliphatic carbocycles. The first kappa shape index (κ1) is 81.5. The molecule has 0 aromatic heterocycles. The summed E-state index contributed by atoms with van der Waals surface area (Å²) in [5.41, 5.74) is 1.51. The van der Waals surface area contributed by atoms with Crippen LogP contribution in [0.5, 0.6) is 0 Å². The molecule has 0 bridgehead atoms. The van der Waals surface area contributed by atoms with Crippen molar-refractivity contribution in [3.05, 3.63) is 82.9 Å². The van der Waals surface area contributed by atoms with Crippen molar-refractivity contribution in [3.63, 3.8) is 0 Å². The average molecular weight is 1190 g/mol. The molecule has 0 saturated carbocycles. The molecule has 0 saturated heterocycles. The van der Waals surface area contributed by atoms with Crippen molar-refractivity contribution < 1.29 is 60.4 Å². The number of rotatable bonds is 46. The SMILES string of the molecule is C/C(=C\COP(=O)([O-])OP(=O)([O-])[O-])COC(=O)c1ccc(C(=O)c2ccccc2)cc1.CCCC[N+](CCCC)(CCCC)CCCC.CCCC[N+](CCCC)(CCCC)CCCC.CCCC[N+](CCCC)(CCCC)CCCC. The molecule has 2 aromatic carbocycles. The van der Waals surface area contributed by atoms with Crippen LogP contribution >= 0.6 is 15.6 Å². The fourth-order valence-corrected chi connectivity index (χ4v) is 11.6. The third kappa shape index (κ3) is 40.7. The first-order valence-electron chi connectivity index (χ1n) is 33.0. The average Bonchev–Trinajstić information content (AvgIpc) is 3.52. The van der Waals surface area contributed by atoms with Gasteiger partial charge in [0.25, 0.3) is 7.82 Å². The Bertz CT molecular complexity index is 1760. The first-order chi connectivity index (χ1) is 39.2. The van der Waals surface area contributed by atoms with Gasteiger partial charge in [-0.2, -0.15) is 0 Å². The zero-order chi connectivity index (χ0) is 62.0. The van der Waals surface area contributed by atoms with Crippen LogP contribution in [0.15, 0.2) is 66.2 Å². The Labute approximate surface area is 504 Å². The monoisotopic (exact) mass is 1190 g/mol. The van der Waals surface area contributed by atoms with Crippen LogP contribution in [0, 0.1) is 0 Å². The highest BCUT2D eigenvalue weighted by atomic mass is 31.3. The highest BCUT2D eigenvalue weighted by molar-refractivity contribution is 7.58. The van der Waals surface area contributed by atoms with Crippen molar-refractivity contribution in [1.29, 1.82) is 0 Å². The normalized spacial score (nSPS) is 12.8. The lowest BCUT2D eigenvalue weighted by Crippen LogP contribution is -2.50. The van der Waals surface area contributed by atoms with Crippen LogP contribution in [-0.2, 0) is 22.7 Å². The van der Waals surface area contributed by atoms with Crippen LogP contribution in [-0.4, -0.2) is 117 Å². The van der Waals surface area contributed by atoms with Gasteiger partial charge in [0.15, 0.2) is 5.78 Å². The van der Waals surface area contributed by atoms with Crippen LogP contribution in [0.4, 0.5) is 0 Å². The number of phosphoric acid groups is 2. The Kier molecular flexibility index (Phi) is 50.3. The number of quaternary nitrogens is 3. The maximum Gasteiger partial charge on any atom is 0.338 e. The van der Waals surface area contributed by atoms with Crippen LogP contribution in [0.2, 0.25) is 0 Å². The summed E-state index contributed by atoms with van der Waals surface area (Å²) >= 11 is 0. The summed E-state index contributed by atoms with van der Waals surface area (Å²) in [5, 5.41) is 0. The van der Waals surface area contributed by atoms with E-state index >= 15 is 0 Å². The number of esters is 1. The lowest BCUT2D eigenvalue weighted by Gasteiger charge is -2.39. The second kappa shape index (κ2) is 50.6. The number of ketones is 1. The number of ether oxygens (including phenoxy) is 1. The third-order valence-electron chi connectivity index (χ3n) is 15.5. The van der Waals surface area contributed by atoms with Crippen molar-refractivity contribution in [2.75, 3.05) is 91.8 Å². The van der Waals surface area contributed by atoms with Gasteiger partial charge < -0.3 is 42.0 Å². The summed E-state index contributed by atoms with van der Waals surface area (Å²) in [5.74, 6) is -0.867. The van der Waals surface area contributed by atoms with E-state index in [1.54, 1.807) is 30.3 Å². The molecular formula is C67H125N3O10P2. The topological polar surface area (TPSA) is 165 Å². The van der Waals surface area contributed by atoms with Crippen molar-refractivity contribution in [2.45, 2.75) is 244 Å². The number of phosphoric ester groups is 1. The van der Waals surface area contributed by atoms with Crippen molar-refractivity contribution >= 4 is 27.4 Å². The number of hydrogen-bond acceptors (Lipinski definition) is 10. The van der Waals surface area contributed by atoms with Gasteiger partial charge in [-0.1, -0.05) is 209 Å². The van der Waals surface area contributed by atoms with Crippen LogP contribution in [0.25, 0.3) is 0 Å². The van der Waals surface area contributed by atoms with E-state index in [4.69, 9.17) is 4.74 Å². The van der Waals surface area contributed by atoms with Gasteiger partial charge in [0.05, 0.1) is 98.5 Å². The highest BCUT2D eigenvalue weighted by Gasteiger charge is 2.27. The molecule has 0 fully saturated rings. The van der Waals surface area contributed by atoms with Crippen LogP contribution in [0.1, 0.15) is 270 Å². The maximum absolute atomic E-state index is 12.4. The summed E-state index contributed by atoms with van der Waals surface area (Å²) in [6.45, 7) is 45.7. The minimum absolute atomic E-state index is 0.191. The lowest BCUT2D eigenvalue weighted by atomic mass is 10.0. The zero-order valence-corrected chi connectivity index (χ0v) is 56.8. The molecule has 0 aliphatic rings. The summed E-state index contributed by atoms with van der Waals surface area (Å²) < 4.78 is 38.2. The molecular weight excluding hydrogens is 1070 g/mol. The van der Waals surface area contributed by atoms with Gasteiger partial charge in [-0.25, -0.2) is 4.79 Å². The minimum Gasteiger partial charge on any atom is -0.790 e. The Morgan fingerprint density at radius 1 is 0.415 bits per heavy atom. The summed E-state index contributed by atoms with van der Waals surface area (Å²) in [7, 11) is -11.1. The van der Waals surface area contributed by atoms with Crippen LogP contribution in [0.3, 0.4) is 0 Å². The Morgan fingerprint density at radius 2 is 0.671 bits per heavy atom. The standard InChI is InChI=1S/C19H20O10P2.3C16H36N/c1-14(11-12-28-31(25,26)29-30(22,23)24)13-27-19(21)17-9-7-16(8-10-17)18(20)15-5-3-2-4-6-15;3*1-5-9-13-17(14-10-6-2,15-11-7-3)16-12-8-4/h2-11H,12-13H2,1H3,(H,25,26)(H2,22,23,24);3*5-16H2,1-4H3/q;3*+1/p-3/b14-11+;;;. The number of hydrogen-bond donors (Lipinski definition) is 0. The predicted molar refractivity (Wildman–Crippen MR) is 341 cm³/mol. The number of unbranched alkanes of at least 4 members (excludes halogenated alkanes) is 12. The summed E-state index contributed by atoms with van der Waals surface area (Å²) in [6, 6.07) is 14.5. The van der Waals surface area contributed by atoms with E-state index in [-0.39, 0.29) is 18.0 Å². The van der Waals surface area contributed by atoms with Gasteiger partial charge in [-0.3, -0.25) is 13.7 Å². The maximum atomic E-state index is 12.4. The van der Waals surface area contributed by atoms with E-state index in [0.717, 1.165) is 0 Å². The summed E-state index contributed by atoms with van der Waals surface area (Å²) in [4.78, 5) is 56.2. The fourth-order valence-electron chi connectivity index (χ4n) is 10.2. The predicted octanol–water partition coefficient (Wildman–Crippen LogP) is 16.4. The molecule has 0 radical (unpaired) electrons. The molecule has 0 amide bonds. The first-order valence-corrected chi connectivity index (χ1v) is 35.9. The van der Waals surface area contributed by atoms with Crippen molar-refractivity contribution in [2.24, 2.45) is 0 Å². The Hall–Kier alpha value is -2.54. The van der Waals surface area contributed by atoms with Crippen molar-refractivity contribution in [3.8, 4) is 0 Å². The molecule has 15 heteroatoms. The van der Waals surface area contributed by atoms with Gasteiger partial charge in [0, 0.05) is 11.1 Å². The van der Waals surface area contributed by atoms with Gasteiger partial charge >= 0.3 is 5.97 Å². The second-order valence-corrected chi connectivity index (χ2v) is 25.8. The molecule has 478 valence electrons. The van der Waals surface area contributed by atoms with E-state index < -0.39 is 28.2 Å². The van der Waals surface area contributed by atoms with E-state index in [1.807, 2.05) is 0 Å². The van der Waals surface area contributed by atoms with Gasteiger partial charge in [0.1, 0.15) is 6.61 Å². The molecule has 0 N–H and O–H groups in total. The lowest BCUT2D eigenvalue weighted by molar-refractivity contribution is -0.929. The molecule has 2 rings (SSSR count). The Morgan fingerprint density at radius 3 is 0.927 bits per heavy atom. The molecule has 0 aliphatic heterocycles. The third-order valence-corrected chi connectivity index (χ3v) is 17.6. The van der Waals surface area contributed by atoms with E-state index in [1.165, 1.54) is 283 Å². The summed E-state index contributed by atoms with van der Waals surface area (Å²) in [6.07, 6.45) is 34.4. The van der Waals surface area contributed by atoms with Gasteiger partial charge in [-0.05, 0) is 102 Å². The smallest absolute Gasteiger partial charge is 0.338 e. The molecule has 0 heterocycles. The fraction of sp³-hybridized carbons (Fsp3) is 0.761. The highest BCUT2D eigenvalue weighted by Crippen LogP contribution is 2.50. The number of carbonyl (C=O) groups excluding carboxylic acids is 2. The van der Waals surface area contributed by atoms with Crippen molar-refractivity contribution in [1.82, 2.24) is 0 Å². The molecule has 82 heavy (non-hydrogen) atoms. The molecule has 13 nitrogen and oxygen atoms in total. The zero-order valence-electron chi connectivity index (χ0n) is 55.0. The molecule has 0 spiro atoms.